The average molecular weight is 153 g/mol. The molecule has 11 heavy (non-hydrogen) atoms. The molecule has 0 fully saturated rings. The second kappa shape index (κ2) is 6.17. The number of rotatable bonds is 4. The van der Waals surface area contributed by atoms with Gasteiger partial charge in [0.2, 0.25) is 0 Å². The van der Waals surface area contributed by atoms with E-state index >= 15 is 0 Å². The number of nitrogens with one attached hydrogen (secondary N) is 1. The minimum absolute atomic E-state index is 0.496. The van der Waals surface area contributed by atoms with Gasteiger partial charge in [0.15, 0.2) is 0 Å². The molecule has 0 spiro atoms. The molecule has 1 N–H and O–H groups in total. The smallest absolute Gasteiger partial charge is 0.0251 e. The molecule has 1 nitrogen and oxygen atoms in total. The van der Waals surface area contributed by atoms with Crippen LogP contribution in [0.4, 0.5) is 0 Å². The van der Waals surface area contributed by atoms with Gasteiger partial charge in [-0.05, 0) is 27.3 Å². The third kappa shape index (κ3) is 3.99. The fraction of sp³-hybridized carbons (Fsp3) is 0.600. The van der Waals surface area contributed by atoms with Crippen LogP contribution < -0.4 is 5.32 Å². The van der Waals surface area contributed by atoms with Gasteiger partial charge in [-0.1, -0.05) is 30.7 Å². The number of hydrogen-bond acceptors (Lipinski definition) is 1. The lowest BCUT2D eigenvalue weighted by Crippen LogP contribution is -2.23. The summed E-state index contributed by atoms with van der Waals surface area (Å²) in [6.07, 6.45) is 7.44. The molecule has 0 rings (SSSR count). The molecule has 0 aliphatic rings. The predicted octanol–water partition coefficient (Wildman–Crippen LogP) is 2.51. The first kappa shape index (κ1) is 10.4. The molecule has 0 aromatic carbocycles. The molecule has 0 saturated carbocycles. The molecule has 1 heteroatoms. The van der Waals surface area contributed by atoms with Gasteiger partial charge in [0.25, 0.3) is 0 Å². The molecular formula is C10H19N. The lowest BCUT2D eigenvalue weighted by molar-refractivity contribution is 0.671. The second-order valence-corrected chi connectivity index (χ2v) is 2.63. The molecule has 0 bridgehead atoms. The topological polar surface area (TPSA) is 12.0 Å². The zero-order chi connectivity index (χ0) is 8.69. The van der Waals surface area contributed by atoms with Crippen molar-refractivity contribution in [1.29, 1.82) is 0 Å². The Labute approximate surface area is 70.2 Å². The van der Waals surface area contributed by atoms with Crippen LogP contribution in [0.3, 0.4) is 0 Å². The fourth-order valence-corrected chi connectivity index (χ4v) is 0.974. The normalized spacial score (nSPS) is 15.8. The molecule has 0 saturated heterocycles. The van der Waals surface area contributed by atoms with E-state index in [1.165, 1.54) is 5.57 Å². The van der Waals surface area contributed by atoms with Crippen LogP contribution in [0.1, 0.15) is 27.2 Å². The summed E-state index contributed by atoms with van der Waals surface area (Å²) < 4.78 is 0. The van der Waals surface area contributed by atoms with Crippen molar-refractivity contribution in [2.75, 3.05) is 7.05 Å². The Morgan fingerprint density at radius 2 is 2.18 bits per heavy atom. The molecule has 0 unspecified atom stereocenters. The van der Waals surface area contributed by atoms with Crippen molar-refractivity contribution in [3.05, 3.63) is 23.8 Å². The monoisotopic (exact) mass is 153 g/mol. The number of hydrogen-bond donors (Lipinski definition) is 1. The van der Waals surface area contributed by atoms with E-state index in [2.05, 4.69) is 37.4 Å². The summed E-state index contributed by atoms with van der Waals surface area (Å²) in [5.41, 5.74) is 1.45. The zero-order valence-electron chi connectivity index (χ0n) is 8.02. The minimum atomic E-state index is 0.496. The van der Waals surface area contributed by atoms with Crippen molar-refractivity contribution in [3.8, 4) is 0 Å². The Morgan fingerprint density at radius 1 is 1.55 bits per heavy atom. The van der Waals surface area contributed by atoms with E-state index in [0.717, 1.165) is 6.42 Å². The summed E-state index contributed by atoms with van der Waals surface area (Å²) in [6.45, 7) is 6.40. The predicted molar refractivity (Wildman–Crippen MR) is 51.7 cm³/mol. The van der Waals surface area contributed by atoms with Gasteiger partial charge in [-0.3, -0.25) is 0 Å². The van der Waals surface area contributed by atoms with Crippen molar-refractivity contribution in [2.45, 2.75) is 33.2 Å². The highest BCUT2D eigenvalue weighted by atomic mass is 14.9. The van der Waals surface area contributed by atoms with E-state index in [9.17, 15) is 0 Å². The summed E-state index contributed by atoms with van der Waals surface area (Å²) in [6, 6.07) is 0.496. The Kier molecular flexibility index (Phi) is 5.86. The maximum absolute atomic E-state index is 3.22. The summed E-state index contributed by atoms with van der Waals surface area (Å²) >= 11 is 0. The van der Waals surface area contributed by atoms with Crippen LogP contribution in [0.2, 0.25) is 0 Å². The fourth-order valence-electron chi connectivity index (χ4n) is 0.974. The minimum Gasteiger partial charge on any atom is -0.314 e. The van der Waals surface area contributed by atoms with E-state index in [4.69, 9.17) is 0 Å². The van der Waals surface area contributed by atoms with E-state index in [1.807, 2.05) is 14.0 Å². The number of allylic oxidation sites excluding steroid dienone is 3. The van der Waals surface area contributed by atoms with Crippen molar-refractivity contribution in [1.82, 2.24) is 5.32 Å². The third-order valence-corrected chi connectivity index (χ3v) is 1.90. The molecule has 0 amide bonds. The Bertz CT molecular complexity index is 145. The van der Waals surface area contributed by atoms with Crippen molar-refractivity contribution >= 4 is 0 Å². The highest BCUT2D eigenvalue weighted by Gasteiger charge is 2.00. The van der Waals surface area contributed by atoms with Gasteiger partial charge in [-0.2, -0.15) is 0 Å². The molecule has 0 aromatic heterocycles. The van der Waals surface area contributed by atoms with Gasteiger partial charge in [0.05, 0.1) is 0 Å². The second-order valence-electron chi connectivity index (χ2n) is 2.63. The summed E-state index contributed by atoms with van der Waals surface area (Å²) in [5.74, 6) is 0. The molecule has 1 atom stereocenters. The van der Waals surface area contributed by atoms with Crippen LogP contribution in [0.15, 0.2) is 23.8 Å². The Morgan fingerprint density at radius 3 is 2.55 bits per heavy atom. The van der Waals surface area contributed by atoms with Crippen molar-refractivity contribution < 1.29 is 0 Å². The molecule has 0 aromatic rings. The SMILES string of the molecule is C/C=C\C=C(/CC)[C@@H](C)NC. The van der Waals surface area contributed by atoms with Gasteiger partial charge in [-0.15, -0.1) is 0 Å². The highest BCUT2D eigenvalue weighted by Crippen LogP contribution is 2.06. The third-order valence-electron chi connectivity index (χ3n) is 1.90. The first-order chi connectivity index (χ1) is 5.26. The molecule has 0 aliphatic heterocycles. The van der Waals surface area contributed by atoms with E-state index in [1.54, 1.807) is 0 Å². The van der Waals surface area contributed by atoms with Crippen LogP contribution in [-0.4, -0.2) is 13.1 Å². The summed E-state index contributed by atoms with van der Waals surface area (Å²) in [5, 5.41) is 3.22. The van der Waals surface area contributed by atoms with Gasteiger partial charge >= 0.3 is 0 Å². The van der Waals surface area contributed by atoms with Gasteiger partial charge in [-0.25, -0.2) is 0 Å². The molecule has 0 radical (unpaired) electrons. The Balaban J connectivity index is 4.13. The van der Waals surface area contributed by atoms with Gasteiger partial charge in [0, 0.05) is 6.04 Å². The van der Waals surface area contributed by atoms with Crippen LogP contribution in [0.5, 0.6) is 0 Å². The molecule has 64 valence electrons. The van der Waals surface area contributed by atoms with Gasteiger partial charge in [0.1, 0.15) is 0 Å². The lowest BCUT2D eigenvalue weighted by atomic mass is 10.1. The average Bonchev–Trinajstić information content (AvgIpc) is 2.05. The first-order valence-electron chi connectivity index (χ1n) is 4.25. The van der Waals surface area contributed by atoms with Gasteiger partial charge < -0.3 is 5.32 Å². The molecule has 0 aliphatic carbocycles. The quantitative estimate of drug-likeness (QED) is 0.612. The zero-order valence-corrected chi connectivity index (χ0v) is 8.02. The van der Waals surface area contributed by atoms with Crippen LogP contribution in [0.25, 0.3) is 0 Å². The summed E-state index contributed by atoms with van der Waals surface area (Å²) in [4.78, 5) is 0. The Hall–Kier alpha value is -0.560. The van der Waals surface area contributed by atoms with Crippen LogP contribution in [0, 0.1) is 0 Å². The van der Waals surface area contributed by atoms with E-state index in [0.29, 0.717) is 6.04 Å². The molecular weight excluding hydrogens is 134 g/mol. The maximum atomic E-state index is 3.22. The van der Waals surface area contributed by atoms with E-state index < -0.39 is 0 Å². The van der Waals surface area contributed by atoms with Crippen LogP contribution in [-0.2, 0) is 0 Å². The lowest BCUT2D eigenvalue weighted by Gasteiger charge is -2.12. The maximum Gasteiger partial charge on any atom is 0.0251 e. The summed E-state index contributed by atoms with van der Waals surface area (Å²) in [7, 11) is 1.99. The van der Waals surface area contributed by atoms with Crippen molar-refractivity contribution in [2.24, 2.45) is 0 Å². The van der Waals surface area contributed by atoms with Crippen molar-refractivity contribution in [3.63, 3.8) is 0 Å². The van der Waals surface area contributed by atoms with Crippen LogP contribution >= 0.6 is 0 Å². The highest BCUT2D eigenvalue weighted by molar-refractivity contribution is 5.16. The first-order valence-corrected chi connectivity index (χ1v) is 4.25. The van der Waals surface area contributed by atoms with E-state index in [-0.39, 0.29) is 0 Å². The standard InChI is InChI=1S/C10H19N/c1-5-7-8-10(6-2)9(3)11-4/h5,7-9,11H,6H2,1-4H3/b7-5-,10-8+/t9-/m1/s1. The largest absolute Gasteiger partial charge is 0.314 e. The number of likely N-dealkylation sites (N-methyl/N-ethyl adjacent to an activating group) is 1. The molecule has 0 heterocycles.